The number of sulfone groups is 1. The van der Waals surface area contributed by atoms with Crippen molar-refractivity contribution in [3.05, 3.63) is 22.4 Å². The Bertz CT molecular complexity index is 647. The summed E-state index contributed by atoms with van der Waals surface area (Å²) in [6.07, 6.45) is 0.328. The topological polar surface area (TPSA) is 71.5 Å². The summed E-state index contributed by atoms with van der Waals surface area (Å²) in [6.45, 7) is 3.56. The van der Waals surface area contributed by atoms with Gasteiger partial charge in [0.15, 0.2) is 9.84 Å². The lowest BCUT2D eigenvalue weighted by atomic mass is 10.2. The van der Waals surface area contributed by atoms with Crippen molar-refractivity contribution in [2.75, 3.05) is 18.8 Å². The van der Waals surface area contributed by atoms with Crippen LogP contribution < -0.4 is 0 Å². The Morgan fingerprint density at radius 2 is 2.05 bits per heavy atom. The lowest BCUT2D eigenvalue weighted by Gasteiger charge is -2.21. The summed E-state index contributed by atoms with van der Waals surface area (Å²) in [7, 11) is -6.69. The van der Waals surface area contributed by atoms with Crippen LogP contribution in [0.1, 0.15) is 30.4 Å². The third-order valence-electron chi connectivity index (χ3n) is 3.52. The second kappa shape index (κ2) is 5.75. The van der Waals surface area contributed by atoms with E-state index in [1.165, 1.54) is 15.6 Å². The molecular weight excluding hydrogens is 318 g/mol. The highest BCUT2D eigenvalue weighted by Crippen LogP contribution is 2.33. The summed E-state index contributed by atoms with van der Waals surface area (Å²) in [4.78, 5) is 0.800. The van der Waals surface area contributed by atoms with Crippen molar-refractivity contribution in [3.63, 3.8) is 0 Å². The highest BCUT2D eigenvalue weighted by molar-refractivity contribution is 7.92. The molecule has 0 aliphatic carbocycles. The van der Waals surface area contributed by atoms with Crippen molar-refractivity contribution < 1.29 is 16.8 Å². The van der Waals surface area contributed by atoms with E-state index in [4.69, 9.17) is 0 Å². The molecule has 1 saturated heterocycles. The smallest absolute Gasteiger partial charge is 0.216 e. The van der Waals surface area contributed by atoms with Crippen molar-refractivity contribution in [3.8, 4) is 0 Å². The molecule has 0 N–H and O–H groups in total. The number of thiophene rings is 1. The average molecular weight is 337 g/mol. The summed E-state index contributed by atoms with van der Waals surface area (Å²) in [5.74, 6) is -0.110. The molecule has 0 saturated carbocycles. The van der Waals surface area contributed by atoms with E-state index in [9.17, 15) is 16.8 Å². The second-order valence-electron chi connectivity index (χ2n) is 5.15. The van der Waals surface area contributed by atoms with Crippen molar-refractivity contribution in [2.45, 2.75) is 30.8 Å². The van der Waals surface area contributed by atoms with Crippen LogP contribution in [-0.2, 0) is 19.9 Å². The minimum absolute atomic E-state index is 0.0602. The maximum atomic E-state index is 12.3. The van der Waals surface area contributed by atoms with Gasteiger partial charge in [-0.25, -0.2) is 21.1 Å². The molecule has 0 radical (unpaired) electrons. The lowest BCUT2D eigenvalue weighted by Crippen LogP contribution is -2.38. The predicted octanol–water partition coefficient (Wildman–Crippen LogP) is 1.65. The van der Waals surface area contributed by atoms with Crippen LogP contribution in [0, 0.1) is 0 Å². The largest absolute Gasteiger partial charge is 0.228 e. The maximum Gasteiger partial charge on any atom is 0.216 e. The molecule has 1 aromatic rings. The van der Waals surface area contributed by atoms with Crippen molar-refractivity contribution in [2.24, 2.45) is 0 Å². The first-order valence-corrected chi connectivity index (χ1v) is 10.6. The summed E-state index contributed by atoms with van der Waals surface area (Å²) in [6, 6.07) is 3.63. The molecule has 5 nitrogen and oxygen atoms in total. The normalized spacial score (nSPS) is 24.6. The van der Waals surface area contributed by atoms with E-state index in [0.29, 0.717) is 6.42 Å². The SMILES string of the molecule is CC(C)S(=O)(=O)N1CCC(c2cccs2)S(=O)(=O)CC1. The van der Waals surface area contributed by atoms with Crippen LogP contribution in [0.25, 0.3) is 0 Å². The maximum absolute atomic E-state index is 12.3. The van der Waals surface area contributed by atoms with Gasteiger partial charge in [0.1, 0.15) is 0 Å². The number of nitrogens with zero attached hydrogens (tertiary/aromatic N) is 1. The minimum atomic E-state index is -3.39. The Hall–Kier alpha value is -0.440. The molecule has 20 heavy (non-hydrogen) atoms. The second-order valence-corrected chi connectivity index (χ2v) is 10.9. The molecule has 0 aromatic carbocycles. The van der Waals surface area contributed by atoms with Gasteiger partial charge in [0, 0.05) is 18.0 Å². The first-order chi connectivity index (χ1) is 9.25. The van der Waals surface area contributed by atoms with Gasteiger partial charge in [-0.1, -0.05) is 6.07 Å². The van der Waals surface area contributed by atoms with E-state index in [1.807, 2.05) is 11.4 Å². The van der Waals surface area contributed by atoms with Crippen LogP contribution in [0.3, 0.4) is 0 Å². The minimum Gasteiger partial charge on any atom is -0.228 e. The van der Waals surface area contributed by atoms with Crippen molar-refractivity contribution in [1.29, 1.82) is 0 Å². The summed E-state index contributed by atoms with van der Waals surface area (Å²) in [5, 5.41) is 0.747. The monoisotopic (exact) mass is 337 g/mol. The Labute approximate surface area is 124 Å². The van der Waals surface area contributed by atoms with Crippen molar-refractivity contribution in [1.82, 2.24) is 4.31 Å². The van der Waals surface area contributed by atoms with Gasteiger partial charge in [0.2, 0.25) is 10.0 Å². The van der Waals surface area contributed by atoms with Crippen LogP contribution in [-0.4, -0.2) is 45.2 Å². The molecule has 0 spiro atoms. The molecule has 1 fully saturated rings. The fraction of sp³-hybridized carbons (Fsp3) is 0.667. The highest BCUT2D eigenvalue weighted by atomic mass is 32.2. The van der Waals surface area contributed by atoms with Crippen LogP contribution in [0.15, 0.2) is 17.5 Å². The van der Waals surface area contributed by atoms with E-state index in [-0.39, 0.29) is 18.8 Å². The van der Waals surface area contributed by atoms with E-state index < -0.39 is 30.4 Å². The fourth-order valence-electron chi connectivity index (χ4n) is 2.27. The zero-order valence-electron chi connectivity index (χ0n) is 11.5. The van der Waals surface area contributed by atoms with E-state index in [2.05, 4.69) is 0 Å². The summed E-state index contributed by atoms with van der Waals surface area (Å²) in [5.41, 5.74) is 0. The number of sulfonamides is 1. The van der Waals surface area contributed by atoms with E-state index in [0.717, 1.165) is 4.88 Å². The zero-order valence-corrected chi connectivity index (χ0v) is 14.0. The van der Waals surface area contributed by atoms with Gasteiger partial charge in [-0.15, -0.1) is 11.3 Å². The number of hydrogen-bond acceptors (Lipinski definition) is 5. The average Bonchev–Trinajstić information content (AvgIpc) is 2.80. The molecule has 1 aliphatic heterocycles. The molecule has 1 atom stereocenters. The van der Waals surface area contributed by atoms with Crippen LogP contribution in [0.5, 0.6) is 0 Å². The summed E-state index contributed by atoms with van der Waals surface area (Å²) < 4.78 is 50.3. The van der Waals surface area contributed by atoms with Gasteiger partial charge in [-0.3, -0.25) is 0 Å². The molecule has 2 heterocycles. The molecule has 114 valence electrons. The van der Waals surface area contributed by atoms with Crippen LogP contribution in [0.2, 0.25) is 0 Å². The molecule has 0 bridgehead atoms. The standard InChI is InChI=1S/C12H19NO4S3/c1-10(2)20(16,17)13-6-5-12(11-4-3-8-18-11)19(14,15)9-7-13/h3-4,8,10,12H,5-7,9H2,1-2H3. The Morgan fingerprint density at radius 1 is 1.35 bits per heavy atom. The van der Waals surface area contributed by atoms with Crippen LogP contribution in [0.4, 0.5) is 0 Å². The van der Waals surface area contributed by atoms with Gasteiger partial charge >= 0.3 is 0 Å². The van der Waals surface area contributed by atoms with Gasteiger partial charge in [0.25, 0.3) is 0 Å². The Morgan fingerprint density at radius 3 is 2.60 bits per heavy atom. The molecule has 0 amide bonds. The van der Waals surface area contributed by atoms with E-state index in [1.54, 1.807) is 19.9 Å². The Balaban J connectivity index is 2.27. The van der Waals surface area contributed by atoms with Gasteiger partial charge in [-0.05, 0) is 31.7 Å². The molecule has 2 rings (SSSR count). The van der Waals surface area contributed by atoms with Gasteiger partial charge < -0.3 is 0 Å². The third kappa shape index (κ3) is 3.08. The summed E-state index contributed by atoms with van der Waals surface area (Å²) >= 11 is 1.41. The first-order valence-electron chi connectivity index (χ1n) is 6.49. The quantitative estimate of drug-likeness (QED) is 0.841. The molecule has 1 aromatic heterocycles. The predicted molar refractivity (Wildman–Crippen MR) is 81.1 cm³/mol. The fourth-order valence-corrected chi connectivity index (χ4v) is 6.69. The number of rotatable bonds is 3. The van der Waals surface area contributed by atoms with Gasteiger partial charge in [0.05, 0.1) is 16.3 Å². The zero-order chi connectivity index (χ0) is 15.0. The third-order valence-corrected chi connectivity index (χ3v) is 9.04. The molecular formula is C12H19NO4S3. The van der Waals surface area contributed by atoms with E-state index >= 15 is 0 Å². The molecule has 1 unspecified atom stereocenters. The molecule has 8 heteroatoms. The van der Waals surface area contributed by atoms with Crippen molar-refractivity contribution >= 4 is 31.2 Å². The highest BCUT2D eigenvalue weighted by Gasteiger charge is 2.36. The van der Waals surface area contributed by atoms with Gasteiger partial charge in [-0.2, -0.15) is 0 Å². The lowest BCUT2D eigenvalue weighted by molar-refractivity contribution is 0.423. The first kappa shape index (κ1) is 15.9. The molecule has 1 aliphatic rings. The van der Waals surface area contributed by atoms with Crippen LogP contribution >= 0.6 is 11.3 Å². The Kier molecular flexibility index (Phi) is 4.58. The number of hydrogen-bond donors (Lipinski definition) is 0.